The highest BCUT2D eigenvalue weighted by Crippen LogP contribution is 2.42. The summed E-state index contributed by atoms with van der Waals surface area (Å²) in [4.78, 5) is 15.6. The number of likely N-dealkylation sites (tertiary alicyclic amines) is 1. The van der Waals surface area contributed by atoms with Gasteiger partial charge in [-0.25, -0.2) is 0 Å². The molecule has 2 fully saturated rings. The molecule has 6 heteroatoms. The van der Waals surface area contributed by atoms with E-state index in [0.717, 1.165) is 32.7 Å². The molecule has 0 unspecified atom stereocenters. The molecule has 2 aliphatic heterocycles. The highest BCUT2D eigenvalue weighted by atomic mass is 32.1. The van der Waals surface area contributed by atoms with E-state index in [1.165, 1.54) is 18.4 Å². The zero-order valence-electron chi connectivity index (χ0n) is 14.7. The van der Waals surface area contributed by atoms with Crippen molar-refractivity contribution in [1.82, 2.24) is 9.80 Å². The molecule has 1 aromatic heterocycles. The molecule has 0 radical (unpaired) electrons. The minimum Gasteiger partial charge on any atom is -0.375 e. The van der Waals surface area contributed by atoms with Gasteiger partial charge in [-0.2, -0.15) is 11.3 Å². The van der Waals surface area contributed by atoms with Crippen molar-refractivity contribution in [2.75, 3.05) is 47.0 Å². The molecule has 1 amide bonds. The first-order valence-corrected chi connectivity index (χ1v) is 9.64. The topological polar surface area (TPSA) is 42.0 Å². The van der Waals surface area contributed by atoms with Gasteiger partial charge in [-0.1, -0.05) is 0 Å². The van der Waals surface area contributed by atoms with Crippen LogP contribution in [0.1, 0.15) is 24.8 Å². The Hall–Kier alpha value is -0.950. The zero-order chi connectivity index (χ0) is 17.0. The number of thiophene rings is 1. The van der Waals surface area contributed by atoms with E-state index < -0.39 is 0 Å². The molecule has 0 aromatic carbocycles. The molecule has 24 heavy (non-hydrogen) atoms. The lowest BCUT2D eigenvalue weighted by Crippen LogP contribution is -2.40. The van der Waals surface area contributed by atoms with Gasteiger partial charge in [-0.05, 0) is 60.2 Å². The third kappa shape index (κ3) is 4.57. The van der Waals surface area contributed by atoms with Gasteiger partial charge < -0.3 is 14.4 Å². The van der Waals surface area contributed by atoms with E-state index in [-0.39, 0.29) is 18.6 Å². The first kappa shape index (κ1) is 17.9. The third-order valence-electron chi connectivity index (χ3n) is 5.22. The summed E-state index contributed by atoms with van der Waals surface area (Å²) in [5.41, 5.74) is 1.75. The number of likely N-dealkylation sites (N-methyl/N-ethyl adjacent to an activating group) is 1. The SMILES string of the molecule is CN(C)C(=O)COC[C@H]1CC2(CCN(Cc3ccsc3)CC2)CO1. The number of nitrogens with zero attached hydrogens (tertiary/aromatic N) is 2. The van der Waals surface area contributed by atoms with E-state index in [1.54, 1.807) is 30.3 Å². The van der Waals surface area contributed by atoms with Gasteiger partial charge in [0, 0.05) is 20.6 Å². The summed E-state index contributed by atoms with van der Waals surface area (Å²) in [6.45, 7) is 4.88. The summed E-state index contributed by atoms with van der Waals surface area (Å²) in [5.74, 6) is 0.00412. The van der Waals surface area contributed by atoms with Crippen molar-refractivity contribution in [2.24, 2.45) is 5.41 Å². The highest BCUT2D eigenvalue weighted by molar-refractivity contribution is 7.07. The molecular formula is C18H28N2O3S. The molecule has 0 aliphatic carbocycles. The second-order valence-corrected chi connectivity index (χ2v) is 8.13. The number of amides is 1. The minimum atomic E-state index is 0.00412. The first-order valence-electron chi connectivity index (χ1n) is 8.69. The molecule has 2 saturated heterocycles. The maximum atomic E-state index is 11.5. The van der Waals surface area contributed by atoms with Crippen LogP contribution in [0.3, 0.4) is 0 Å². The highest BCUT2D eigenvalue weighted by Gasteiger charge is 2.42. The van der Waals surface area contributed by atoms with Crippen LogP contribution in [0.5, 0.6) is 0 Å². The van der Waals surface area contributed by atoms with Crippen molar-refractivity contribution < 1.29 is 14.3 Å². The maximum Gasteiger partial charge on any atom is 0.248 e. The Morgan fingerprint density at radius 2 is 2.25 bits per heavy atom. The van der Waals surface area contributed by atoms with Crippen molar-refractivity contribution in [2.45, 2.75) is 31.9 Å². The summed E-state index contributed by atoms with van der Waals surface area (Å²) >= 11 is 1.77. The van der Waals surface area contributed by atoms with E-state index >= 15 is 0 Å². The quantitative estimate of drug-likeness (QED) is 0.787. The molecule has 134 valence electrons. The van der Waals surface area contributed by atoms with Crippen LogP contribution in [0.4, 0.5) is 0 Å². The molecule has 2 aliphatic rings. The van der Waals surface area contributed by atoms with Crippen LogP contribution in [-0.2, 0) is 20.8 Å². The minimum absolute atomic E-state index is 0.00412. The van der Waals surface area contributed by atoms with E-state index in [0.29, 0.717) is 12.0 Å². The van der Waals surface area contributed by atoms with E-state index in [9.17, 15) is 4.79 Å². The number of hydrogen-bond acceptors (Lipinski definition) is 5. The molecule has 1 aromatic rings. The monoisotopic (exact) mass is 352 g/mol. The summed E-state index contributed by atoms with van der Waals surface area (Å²) in [6, 6.07) is 2.22. The Labute approximate surface area is 148 Å². The van der Waals surface area contributed by atoms with Gasteiger partial charge in [-0.15, -0.1) is 0 Å². The Kier molecular flexibility index (Phi) is 5.92. The molecule has 1 spiro atoms. The van der Waals surface area contributed by atoms with E-state index in [2.05, 4.69) is 21.7 Å². The molecule has 3 heterocycles. The number of ether oxygens (including phenoxy) is 2. The Balaban J connectivity index is 1.38. The normalized spacial score (nSPS) is 23.7. The smallest absolute Gasteiger partial charge is 0.248 e. The molecule has 3 rings (SSSR count). The average Bonchev–Trinajstić information content (AvgIpc) is 3.20. The maximum absolute atomic E-state index is 11.5. The van der Waals surface area contributed by atoms with Crippen LogP contribution in [0.2, 0.25) is 0 Å². The number of carbonyl (C=O) groups excluding carboxylic acids is 1. The molecular weight excluding hydrogens is 324 g/mol. The van der Waals surface area contributed by atoms with Gasteiger partial charge in [0.2, 0.25) is 5.91 Å². The first-order chi connectivity index (χ1) is 11.6. The Morgan fingerprint density at radius 1 is 1.46 bits per heavy atom. The van der Waals surface area contributed by atoms with Gasteiger partial charge in [0.1, 0.15) is 6.61 Å². The fourth-order valence-electron chi connectivity index (χ4n) is 3.58. The van der Waals surface area contributed by atoms with Gasteiger partial charge in [0.25, 0.3) is 0 Å². The van der Waals surface area contributed by atoms with Crippen LogP contribution in [0, 0.1) is 5.41 Å². The van der Waals surface area contributed by atoms with E-state index in [1.807, 2.05) is 0 Å². The second kappa shape index (κ2) is 7.95. The predicted molar refractivity (Wildman–Crippen MR) is 95.1 cm³/mol. The van der Waals surface area contributed by atoms with Crippen LogP contribution in [0.15, 0.2) is 16.8 Å². The zero-order valence-corrected chi connectivity index (χ0v) is 15.5. The van der Waals surface area contributed by atoms with Crippen molar-refractivity contribution in [1.29, 1.82) is 0 Å². The molecule has 0 N–H and O–H groups in total. The van der Waals surface area contributed by atoms with Crippen molar-refractivity contribution in [3.63, 3.8) is 0 Å². The largest absolute Gasteiger partial charge is 0.375 e. The lowest BCUT2D eigenvalue weighted by atomic mass is 9.76. The second-order valence-electron chi connectivity index (χ2n) is 7.35. The lowest BCUT2D eigenvalue weighted by molar-refractivity contribution is -0.134. The van der Waals surface area contributed by atoms with Crippen molar-refractivity contribution in [3.8, 4) is 0 Å². The standard InChI is InChI=1S/C18H28N2O3S/c1-19(2)17(21)12-22-11-16-9-18(14-23-16)4-6-20(7-5-18)10-15-3-8-24-13-15/h3,8,13,16H,4-7,9-12,14H2,1-2H3/t16-/m1/s1. The van der Waals surface area contributed by atoms with Crippen LogP contribution in [0.25, 0.3) is 0 Å². The molecule has 0 saturated carbocycles. The summed E-state index contributed by atoms with van der Waals surface area (Å²) < 4.78 is 11.5. The van der Waals surface area contributed by atoms with E-state index in [4.69, 9.17) is 9.47 Å². The Bertz CT molecular complexity index is 524. The summed E-state index contributed by atoms with van der Waals surface area (Å²) in [6.07, 6.45) is 3.60. The summed E-state index contributed by atoms with van der Waals surface area (Å²) in [5, 5.41) is 4.39. The predicted octanol–water partition coefficient (Wildman–Crippen LogP) is 2.22. The van der Waals surface area contributed by atoms with Gasteiger partial charge in [0.05, 0.1) is 19.3 Å². The number of piperidine rings is 1. The van der Waals surface area contributed by atoms with Crippen LogP contribution >= 0.6 is 11.3 Å². The molecule has 5 nitrogen and oxygen atoms in total. The molecule has 1 atom stereocenters. The Morgan fingerprint density at radius 3 is 2.92 bits per heavy atom. The third-order valence-corrected chi connectivity index (χ3v) is 5.95. The van der Waals surface area contributed by atoms with Crippen LogP contribution < -0.4 is 0 Å². The molecule has 0 bridgehead atoms. The fraction of sp³-hybridized carbons (Fsp3) is 0.722. The lowest BCUT2D eigenvalue weighted by Gasteiger charge is -2.38. The fourth-order valence-corrected chi connectivity index (χ4v) is 4.24. The van der Waals surface area contributed by atoms with Gasteiger partial charge >= 0.3 is 0 Å². The summed E-state index contributed by atoms with van der Waals surface area (Å²) in [7, 11) is 3.49. The number of rotatable bonds is 6. The number of hydrogen-bond donors (Lipinski definition) is 0. The van der Waals surface area contributed by atoms with Crippen LogP contribution in [-0.4, -0.2) is 68.8 Å². The number of carbonyl (C=O) groups is 1. The van der Waals surface area contributed by atoms with Gasteiger partial charge in [0.15, 0.2) is 0 Å². The average molecular weight is 353 g/mol. The van der Waals surface area contributed by atoms with Crippen molar-refractivity contribution >= 4 is 17.2 Å². The van der Waals surface area contributed by atoms with Crippen molar-refractivity contribution in [3.05, 3.63) is 22.4 Å². The van der Waals surface area contributed by atoms with Gasteiger partial charge in [-0.3, -0.25) is 9.69 Å².